The zero-order chi connectivity index (χ0) is 19.1. The summed E-state index contributed by atoms with van der Waals surface area (Å²) in [6.07, 6.45) is 3.04. The van der Waals surface area contributed by atoms with E-state index in [-0.39, 0.29) is 5.91 Å². The Morgan fingerprint density at radius 2 is 1.81 bits per heavy atom. The standard InChI is InChI=1S/C22H24N4O/c1-2-6-21(27)26-19-10-4-9-18(14-19)17-8-3-7-16(13-17)15-25-20-11-5-12-24-22(20)23/h3-5,7-14,25H,2,6,15H2,1H3,(H2,23,24)(H,26,27). The Bertz CT molecular complexity index is 923. The van der Waals surface area contributed by atoms with Crippen molar-refractivity contribution in [3.63, 3.8) is 0 Å². The van der Waals surface area contributed by atoms with Crippen LogP contribution in [0.2, 0.25) is 0 Å². The Hall–Kier alpha value is -3.34. The van der Waals surface area contributed by atoms with E-state index in [1.54, 1.807) is 6.20 Å². The molecule has 27 heavy (non-hydrogen) atoms. The molecule has 1 aromatic heterocycles. The van der Waals surface area contributed by atoms with Gasteiger partial charge in [0.2, 0.25) is 5.91 Å². The van der Waals surface area contributed by atoms with E-state index in [0.717, 1.165) is 34.5 Å². The number of hydrogen-bond acceptors (Lipinski definition) is 4. The monoisotopic (exact) mass is 360 g/mol. The molecule has 5 heteroatoms. The van der Waals surface area contributed by atoms with Crippen molar-refractivity contribution in [1.82, 2.24) is 4.98 Å². The van der Waals surface area contributed by atoms with Gasteiger partial charge in [0.1, 0.15) is 5.82 Å². The van der Waals surface area contributed by atoms with Crippen LogP contribution in [0.1, 0.15) is 25.3 Å². The molecular formula is C22H24N4O. The van der Waals surface area contributed by atoms with Crippen LogP contribution < -0.4 is 16.4 Å². The van der Waals surface area contributed by atoms with Crippen molar-refractivity contribution in [2.24, 2.45) is 0 Å². The highest BCUT2D eigenvalue weighted by molar-refractivity contribution is 5.91. The molecule has 0 atom stereocenters. The van der Waals surface area contributed by atoms with Gasteiger partial charge in [0.15, 0.2) is 0 Å². The number of amides is 1. The fourth-order valence-corrected chi connectivity index (χ4v) is 2.85. The van der Waals surface area contributed by atoms with Gasteiger partial charge < -0.3 is 16.4 Å². The second-order valence-corrected chi connectivity index (χ2v) is 6.37. The molecule has 0 radical (unpaired) electrons. The third-order valence-corrected chi connectivity index (χ3v) is 4.21. The average Bonchev–Trinajstić information content (AvgIpc) is 2.68. The van der Waals surface area contributed by atoms with E-state index in [0.29, 0.717) is 18.8 Å². The van der Waals surface area contributed by atoms with Crippen molar-refractivity contribution in [1.29, 1.82) is 0 Å². The second-order valence-electron chi connectivity index (χ2n) is 6.37. The highest BCUT2D eigenvalue weighted by Gasteiger charge is 2.05. The lowest BCUT2D eigenvalue weighted by molar-refractivity contribution is -0.116. The molecule has 1 amide bonds. The quantitative estimate of drug-likeness (QED) is 0.571. The summed E-state index contributed by atoms with van der Waals surface area (Å²) in [5.41, 5.74) is 10.8. The third kappa shape index (κ3) is 5.07. The molecule has 0 aliphatic carbocycles. The number of hydrogen-bond donors (Lipinski definition) is 3. The van der Waals surface area contributed by atoms with Gasteiger partial charge in [-0.3, -0.25) is 4.79 Å². The molecule has 0 fully saturated rings. The number of rotatable bonds is 7. The number of anilines is 3. The Labute approximate surface area is 159 Å². The lowest BCUT2D eigenvalue weighted by Crippen LogP contribution is -2.10. The number of nitrogens with one attached hydrogen (secondary N) is 2. The zero-order valence-electron chi connectivity index (χ0n) is 15.4. The normalized spacial score (nSPS) is 10.4. The molecule has 0 unspecified atom stereocenters. The van der Waals surface area contributed by atoms with Gasteiger partial charge >= 0.3 is 0 Å². The van der Waals surface area contributed by atoms with Crippen LogP contribution in [-0.2, 0) is 11.3 Å². The summed E-state index contributed by atoms with van der Waals surface area (Å²) in [7, 11) is 0. The van der Waals surface area contributed by atoms with Crippen molar-refractivity contribution in [2.75, 3.05) is 16.4 Å². The summed E-state index contributed by atoms with van der Waals surface area (Å²) in [6.45, 7) is 2.64. The van der Waals surface area contributed by atoms with Crippen LogP contribution >= 0.6 is 0 Å². The number of benzene rings is 2. The maximum atomic E-state index is 11.8. The van der Waals surface area contributed by atoms with Gasteiger partial charge in [-0.1, -0.05) is 37.3 Å². The van der Waals surface area contributed by atoms with Gasteiger partial charge in [0.25, 0.3) is 0 Å². The van der Waals surface area contributed by atoms with E-state index in [2.05, 4.69) is 33.8 Å². The molecule has 138 valence electrons. The number of carbonyl (C=O) groups is 1. The molecule has 0 spiro atoms. The summed E-state index contributed by atoms with van der Waals surface area (Å²) in [6, 6.07) is 20.0. The molecule has 3 aromatic rings. The van der Waals surface area contributed by atoms with Crippen LogP contribution in [0.5, 0.6) is 0 Å². The minimum atomic E-state index is 0.0432. The maximum absolute atomic E-state index is 11.8. The number of nitrogens with two attached hydrogens (primary N) is 1. The molecule has 0 saturated carbocycles. The molecule has 0 aliphatic heterocycles. The minimum Gasteiger partial charge on any atom is -0.382 e. The Morgan fingerprint density at radius 3 is 2.59 bits per heavy atom. The van der Waals surface area contributed by atoms with Crippen LogP contribution in [0.15, 0.2) is 66.9 Å². The molecule has 0 bridgehead atoms. The lowest BCUT2D eigenvalue weighted by Gasteiger charge is -2.11. The summed E-state index contributed by atoms with van der Waals surface area (Å²) in [4.78, 5) is 15.9. The number of nitrogens with zero attached hydrogens (tertiary/aromatic N) is 1. The van der Waals surface area contributed by atoms with Gasteiger partial charge in [-0.25, -0.2) is 4.98 Å². The smallest absolute Gasteiger partial charge is 0.224 e. The van der Waals surface area contributed by atoms with E-state index in [4.69, 9.17) is 5.73 Å². The number of nitrogen functional groups attached to an aromatic ring is 1. The topological polar surface area (TPSA) is 80.0 Å². The molecule has 4 N–H and O–H groups in total. The lowest BCUT2D eigenvalue weighted by atomic mass is 10.0. The van der Waals surface area contributed by atoms with Crippen molar-refractivity contribution < 1.29 is 4.79 Å². The Balaban J connectivity index is 1.73. The summed E-state index contributed by atoms with van der Waals surface area (Å²) in [5.74, 6) is 0.533. The summed E-state index contributed by atoms with van der Waals surface area (Å²) < 4.78 is 0. The predicted molar refractivity (Wildman–Crippen MR) is 111 cm³/mol. The highest BCUT2D eigenvalue weighted by Crippen LogP contribution is 2.24. The molecule has 5 nitrogen and oxygen atoms in total. The van der Waals surface area contributed by atoms with E-state index >= 15 is 0 Å². The SMILES string of the molecule is CCCC(=O)Nc1cccc(-c2cccc(CNc3cccnc3N)c2)c1. The van der Waals surface area contributed by atoms with Crippen molar-refractivity contribution in [3.8, 4) is 11.1 Å². The van der Waals surface area contributed by atoms with E-state index in [1.807, 2.05) is 49.4 Å². The third-order valence-electron chi connectivity index (χ3n) is 4.21. The first-order valence-electron chi connectivity index (χ1n) is 9.09. The predicted octanol–water partition coefficient (Wildman–Crippen LogP) is 4.68. The first-order valence-corrected chi connectivity index (χ1v) is 9.09. The number of aromatic nitrogens is 1. The van der Waals surface area contributed by atoms with Crippen LogP contribution in [0, 0.1) is 0 Å². The van der Waals surface area contributed by atoms with Crippen LogP contribution in [0.3, 0.4) is 0 Å². The first-order chi connectivity index (χ1) is 13.2. The molecule has 0 saturated heterocycles. The van der Waals surface area contributed by atoms with E-state index < -0.39 is 0 Å². The van der Waals surface area contributed by atoms with Gasteiger partial charge in [-0.2, -0.15) is 0 Å². The van der Waals surface area contributed by atoms with E-state index in [1.165, 1.54) is 0 Å². The van der Waals surface area contributed by atoms with Crippen LogP contribution in [0.4, 0.5) is 17.2 Å². The zero-order valence-corrected chi connectivity index (χ0v) is 15.4. The largest absolute Gasteiger partial charge is 0.382 e. The highest BCUT2D eigenvalue weighted by atomic mass is 16.1. The molecule has 3 rings (SSSR count). The maximum Gasteiger partial charge on any atom is 0.224 e. The average molecular weight is 360 g/mol. The Kier molecular flexibility index (Phi) is 6.05. The fraction of sp³-hybridized carbons (Fsp3) is 0.182. The summed E-state index contributed by atoms with van der Waals surface area (Å²) in [5, 5.41) is 6.26. The molecular weight excluding hydrogens is 336 g/mol. The molecule has 0 aliphatic rings. The van der Waals surface area contributed by atoms with Gasteiger partial charge in [-0.05, 0) is 53.4 Å². The number of pyridine rings is 1. The van der Waals surface area contributed by atoms with Crippen molar-refractivity contribution in [2.45, 2.75) is 26.3 Å². The fourth-order valence-electron chi connectivity index (χ4n) is 2.85. The van der Waals surface area contributed by atoms with Crippen molar-refractivity contribution in [3.05, 3.63) is 72.4 Å². The van der Waals surface area contributed by atoms with Crippen molar-refractivity contribution >= 4 is 23.1 Å². The second kappa shape index (κ2) is 8.85. The van der Waals surface area contributed by atoms with Gasteiger partial charge in [0, 0.05) is 24.8 Å². The molecule has 2 aromatic carbocycles. The number of carbonyl (C=O) groups excluding carboxylic acids is 1. The minimum absolute atomic E-state index is 0.0432. The Morgan fingerprint density at radius 1 is 1.04 bits per heavy atom. The first kappa shape index (κ1) is 18.5. The van der Waals surface area contributed by atoms with Gasteiger partial charge in [-0.15, -0.1) is 0 Å². The van der Waals surface area contributed by atoms with Crippen LogP contribution in [-0.4, -0.2) is 10.9 Å². The molecule has 1 heterocycles. The van der Waals surface area contributed by atoms with E-state index in [9.17, 15) is 4.79 Å². The summed E-state index contributed by atoms with van der Waals surface area (Å²) >= 11 is 0. The van der Waals surface area contributed by atoms with Gasteiger partial charge in [0.05, 0.1) is 5.69 Å². The van der Waals surface area contributed by atoms with Crippen LogP contribution in [0.25, 0.3) is 11.1 Å².